The van der Waals surface area contributed by atoms with Gasteiger partial charge in [0.2, 0.25) is 5.91 Å². The number of ether oxygens (including phenoxy) is 1. The van der Waals surface area contributed by atoms with Crippen LogP contribution < -0.4 is 5.32 Å². The number of rotatable bonds is 3. The quantitative estimate of drug-likeness (QED) is 0.726. The number of carbonyl (C=O) groups is 2. The Bertz CT molecular complexity index is 636. The monoisotopic (exact) mass is 402 g/mol. The van der Waals surface area contributed by atoms with Crippen LogP contribution in [0.1, 0.15) is 65.7 Å². The van der Waals surface area contributed by atoms with Gasteiger partial charge in [-0.2, -0.15) is 13.2 Å². The number of likely N-dealkylation sites (tertiary alicyclic amines) is 1. The fraction of sp³-hybridized carbons (Fsp3) is 0.800. The first-order chi connectivity index (χ1) is 12.9. The van der Waals surface area contributed by atoms with Crippen molar-refractivity contribution in [2.75, 3.05) is 6.54 Å². The Kier molecular flexibility index (Phi) is 6.57. The largest absolute Gasteiger partial charge is 0.444 e. The molecule has 1 N–H and O–H groups in total. The predicted molar refractivity (Wildman–Crippen MR) is 98.3 cm³/mol. The fourth-order valence-corrected chi connectivity index (χ4v) is 4.07. The van der Waals surface area contributed by atoms with Crippen LogP contribution in [0.4, 0.5) is 18.0 Å². The van der Waals surface area contributed by atoms with Crippen molar-refractivity contribution in [1.82, 2.24) is 10.2 Å². The maximum atomic E-state index is 13.1. The van der Waals surface area contributed by atoms with Crippen molar-refractivity contribution in [3.63, 3.8) is 0 Å². The van der Waals surface area contributed by atoms with Gasteiger partial charge in [-0.05, 0) is 52.9 Å². The van der Waals surface area contributed by atoms with Gasteiger partial charge in [-0.15, -0.1) is 12.3 Å². The molecule has 28 heavy (non-hydrogen) atoms. The summed E-state index contributed by atoms with van der Waals surface area (Å²) in [5.41, 5.74) is -2.01. The fourth-order valence-electron chi connectivity index (χ4n) is 4.07. The van der Waals surface area contributed by atoms with Crippen LogP contribution in [0.2, 0.25) is 0 Å². The van der Waals surface area contributed by atoms with Crippen molar-refractivity contribution < 1.29 is 27.5 Å². The highest BCUT2D eigenvalue weighted by Crippen LogP contribution is 2.39. The molecule has 0 spiro atoms. The molecule has 2 aliphatic rings. The molecule has 1 saturated heterocycles. The van der Waals surface area contributed by atoms with Crippen molar-refractivity contribution in [2.24, 2.45) is 5.92 Å². The molecule has 5 nitrogen and oxygen atoms in total. The van der Waals surface area contributed by atoms with Crippen LogP contribution in [0.15, 0.2) is 0 Å². The minimum atomic E-state index is -4.27. The predicted octanol–water partition coefficient (Wildman–Crippen LogP) is 4.02. The van der Waals surface area contributed by atoms with Crippen molar-refractivity contribution in [3.05, 3.63) is 0 Å². The van der Waals surface area contributed by atoms with Crippen LogP contribution in [0.5, 0.6) is 0 Å². The normalized spacial score (nSPS) is 28.5. The van der Waals surface area contributed by atoms with E-state index in [1.54, 1.807) is 20.8 Å². The van der Waals surface area contributed by atoms with Gasteiger partial charge in [0.15, 0.2) is 0 Å². The van der Waals surface area contributed by atoms with Crippen LogP contribution in [0.25, 0.3) is 0 Å². The van der Waals surface area contributed by atoms with E-state index >= 15 is 0 Å². The van der Waals surface area contributed by atoms with Crippen molar-refractivity contribution in [2.45, 2.75) is 89.1 Å². The van der Waals surface area contributed by atoms with Gasteiger partial charge in [0.05, 0.1) is 5.92 Å². The number of carbonyl (C=O) groups excluding carboxylic acids is 2. The molecule has 158 valence electrons. The lowest BCUT2D eigenvalue weighted by molar-refractivity contribution is -0.184. The third-order valence-corrected chi connectivity index (χ3v) is 5.39. The van der Waals surface area contributed by atoms with Gasteiger partial charge >= 0.3 is 12.3 Å². The minimum Gasteiger partial charge on any atom is -0.444 e. The second-order valence-corrected chi connectivity index (χ2v) is 8.72. The molecule has 2 amide bonds. The number of terminal acetylenes is 1. The zero-order chi connectivity index (χ0) is 21.2. The summed E-state index contributed by atoms with van der Waals surface area (Å²) in [7, 11) is 0. The molecule has 1 heterocycles. The molecule has 0 unspecified atom stereocenters. The maximum Gasteiger partial charge on any atom is 0.411 e. The van der Waals surface area contributed by atoms with Crippen molar-refractivity contribution >= 4 is 12.0 Å². The summed E-state index contributed by atoms with van der Waals surface area (Å²) in [4.78, 5) is 27.1. The first kappa shape index (κ1) is 22.4. The Balaban J connectivity index is 2.16. The van der Waals surface area contributed by atoms with Crippen LogP contribution in [0.3, 0.4) is 0 Å². The summed E-state index contributed by atoms with van der Waals surface area (Å²) < 4.78 is 44.6. The van der Waals surface area contributed by atoms with Gasteiger partial charge in [0, 0.05) is 19.0 Å². The third-order valence-electron chi connectivity index (χ3n) is 5.39. The molecular formula is C20H29F3N2O3. The summed E-state index contributed by atoms with van der Waals surface area (Å²) in [5.74, 6) is 0.558. The van der Waals surface area contributed by atoms with E-state index in [1.165, 1.54) is 4.90 Å². The summed E-state index contributed by atoms with van der Waals surface area (Å²) in [6, 6.07) is -0.580. The number of halogens is 3. The number of nitrogens with one attached hydrogen (secondary N) is 1. The van der Waals surface area contributed by atoms with E-state index in [0.29, 0.717) is 32.2 Å². The number of alkyl halides is 3. The molecule has 2 rings (SSSR count). The highest BCUT2D eigenvalue weighted by atomic mass is 19.4. The van der Waals surface area contributed by atoms with E-state index in [4.69, 9.17) is 11.2 Å². The lowest BCUT2D eigenvalue weighted by Crippen LogP contribution is -2.60. The molecule has 0 bridgehead atoms. The topological polar surface area (TPSA) is 58.6 Å². The molecule has 1 aliphatic carbocycles. The first-order valence-corrected chi connectivity index (χ1v) is 9.71. The third kappa shape index (κ3) is 5.12. The molecule has 0 radical (unpaired) electrons. The van der Waals surface area contributed by atoms with Crippen molar-refractivity contribution in [3.8, 4) is 12.3 Å². The second-order valence-electron chi connectivity index (χ2n) is 8.72. The van der Waals surface area contributed by atoms with E-state index in [9.17, 15) is 22.8 Å². The molecular weight excluding hydrogens is 373 g/mol. The second kappa shape index (κ2) is 8.22. The number of nitrogens with zero attached hydrogens (tertiary/aromatic N) is 1. The molecule has 0 aromatic heterocycles. The summed E-state index contributed by atoms with van der Waals surface area (Å²) in [6.07, 6.45) is 2.31. The van der Waals surface area contributed by atoms with Gasteiger partial charge in [0.1, 0.15) is 11.1 Å². The van der Waals surface area contributed by atoms with E-state index in [1.807, 2.05) is 0 Å². The Hall–Kier alpha value is -1.91. The average Bonchev–Trinajstić information content (AvgIpc) is 2.98. The van der Waals surface area contributed by atoms with Gasteiger partial charge in [-0.1, -0.05) is 6.42 Å². The van der Waals surface area contributed by atoms with Crippen LogP contribution in [-0.4, -0.2) is 46.8 Å². The first-order valence-electron chi connectivity index (χ1n) is 9.71. The zero-order valence-electron chi connectivity index (χ0n) is 16.7. The van der Waals surface area contributed by atoms with E-state index in [-0.39, 0.29) is 19.3 Å². The van der Waals surface area contributed by atoms with Crippen LogP contribution in [-0.2, 0) is 9.53 Å². The highest BCUT2D eigenvalue weighted by Gasteiger charge is 2.51. The van der Waals surface area contributed by atoms with Gasteiger partial charge in [0.25, 0.3) is 0 Å². The Morgan fingerprint density at radius 2 is 1.93 bits per heavy atom. The Morgan fingerprint density at radius 1 is 1.25 bits per heavy atom. The van der Waals surface area contributed by atoms with Gasteiger partial charge in [-0.3, -0.25) is 9.69 Å². The number of hydrogen-bond donors (Lipinski definition) is 1. The van der Waals surface area contributed by atoms with Crippen LogP contribution in [0, 0.1) is 18.3 Å². The molecule has 1 aliphatic heterocycles. The lowest BCUT2D eigenvalue weighted by atomic mass is 9.84. The molecule has 8 heteroatoms. The number of hydrogen-bond acceptors (Lipinski definition) is 3. The molecule has 2 fully saturated rings. The van der Waals surface area contributed by atoms with Gasteiger partial charge in [-0.25, -0.2) is 4.79 Å². The lowest BCUT2D eigenvalue weighted by Gasteiger charge is -2.39. The highest BCUT2D eigenvalue weighted by molar-refractivity contribution is 5.91. The standard InChI is InChI=1S/C20H29F3N2O3/c1-5-10-19(11-7-12-25(19)17(27)28-18(2,3)4)16(26)24-15-9-6-8-14(13-15)20(21,22)23/h1,14-15H,6-13H2,2-4H3,(H,24,26)/t14-,15-,19+/m0/s1. The van der Waals surface area contributed by atoms with Crippen molar-refractivity contribution in [1.29, 1.82) is 0 Å². The molecule has 3 atom stereocenters. The van der Waals surface area contributed by atoms with E-state index in [0.717, 1.165) is 0 Å². The summed E-state index contributed by atoms with van der Waals surface area (Å²) >= 11 is 0. The minimum absolute atomic E-state index is 0.00645. The Morgan fingerprint density at radius 3 is 2.50 bits per heavy atom. The van der Waals surface area contributed by atoms with E-state index in [2.05, 4.69) is 11.2 Å². The smallest absolute Gasteiger partial charge is 0.411 e. The molecule has 0 aromatic carbocycles. The summed E-state index contributed by atoms with van der Waals surface area (Å²) in [6.45, 7) is 5.50. The molecule has 1 saturated carbocycles. The SMILES string of the molecule is C#CC[C@]1(C(=O)N[C@H]2CCC[C@H](C(F)(F)F)C2)CCCN1C(=O)OC(C)(C)C. The van der Waals surface area contributed by atoms with Crippen LogP contribution >= 0.6 is 0 Å². The average molecular weight is 402 g/mol. The maximum absolute atomic E-state index is 13.1. The van der Waals surface area contributed by atoms with E-state index < -0.39 is 41.3 Å². The number of amides is 2. The Labute approximate surface area is 164 Å². The summed E-state index contributed by atoms with van der Waals surface area (Å²) in [5, 5.41) is 2.75. The van der Waals surface area contributed by atoms with Gasteiger partial charge < -0.3 is 10.1 Å². The molecule has 0 aromatic rings. The zero-order valence-corrected chi connectivity index (χ0v) is 16.7.